The number of hydrogen-bond donors (Lipinski definition) is 3. The first-order valence-corrected chi connectivity index (χ1v) is 6.20. The van der Waals surface area contributed by atoms with Crippen LogP contribution in [-0.2, 0) is 0 Å². The number of fused-ring (bicyclic) bond motifs is 1. The Labute approximate surface area is 110 Å². The van der Waals surface area contributed by atoms with Gasteiger partial charge in [0, 0.05) is 12.6 Å². The Bertz CT molecular complexity index is 610. The zero-order chi connectivity index (χ0) is 14.0. The molecule has 0 aliphatic heterocycles. The highest BCUT2D eigenvalue weighted by Crippen LogP contribution is 2.20. The van der Waals surface area contributed by atoms with Gasteiger partial charge in [0.25, 0.3) is 0 Å². The summed E-state index contributed by atoms with van der Waals surface area (Å²) in [5, 5.41) is 19.1. The van der Waals surface area contributed by atoms with E-state index < -0.39 is 6.10 Å². The fourth-order valence-electron chi connectivity index (χ4n) is 1.91. The molecule has 0 saturated heterocycles. The van der Waals surface area contributed by atoms with Crippen molar-refractivity contribution >= 4 is 11.5 Å². The molecule has 0 bridgehead atoms. The van der Waals surface area contributed by atoms with Crippen LogP contribution in [0.25, 0.3) is 5.65 Å². The van der Waals surface area contributed by atoms with E-state index in [9.17, 15) is 9.90 Å². The van der Waals surface area contributed by atoms with Crippen molar-refractivity contribution in [1.82, 2.24) is 19.6 Å². The lowest BCUT2D eigenvalue weighted by Crippen LogP contribution is -2.25. The lowest BCUT2D eigenvalue weighted by Gasteiger charge is -2.22. The largest absolute Gasteiger partial charge is 0.391 e. The molecule has 0 aromatic carbocycles. The molecule has 2 aromatic heterocycles. The van der Waals surface area contributed by atoms with Gasteiger partial charge in [0.05, 0.1) is 6.10 Å². The number of hydrogen-bond acceptors (Lipinski definition) is 5. The Hall–Kier alpha value is -1.89. The topological polar surface area (TPSA) is 95.3 Å². The number of aromatic amines is 1. The predicted molar refractivity (Wildman–Crippen MR) is 72.2 cm³/mol. The van der Waals surface area contributed by atoms with Gasteiger partial charge in [-0.05, 0) is 11.8 Å². The van der Waals surface area contributed by atoms with Gasteiger partial charge in [-0.2, -0.15) is 5.10 Å². The fourth-order valence-corrected chi connectivity index (χ4v) is 1.91. The van der Waals surface area contributed by atoms with Crippen molar-refractivity contribution in [1.29, 1.82) is 0 Å². The zero-order valence-electron chi connectivity index (χ0n) is 11.3. The summed E-state index contributed by atoms with van der Waals surface area (Å²) in [6, 6.07) is 1.65. The van der Waals surface area contributed by atoms with Crippen LogP contribution in [0.15, 0.2) is 17.2 Å². The molecule has 1 unspecified atom stereocenters. The monoisotopic (exact) mass is 265 g/mol. The number of H-pyrrole nitrogens is 1. The van der Waals surface area contributed by atoms with Crippen LogP contribution in [0.3, 0.4) is 0 Å². The van der Waals surface area contributed by atoms with Gasteiger partial charge >= 0.3 is 5.69 Å². The van der Waals surface area contributed by atoms with E-state index in [4.69, 9.17) is 0 Å². The molecule has 0 aliphatic rings. The third-order valence-corrected chi connectivity index (χ3v) is 2.68. The van der Waals surface area contributed by atoms with Gasteiger partial charge in [0.15, 0.2) is 5.65 Å². The highest BCUT2D eigenvalue weighted by Gasteiger charge is 2.16. The molecule has 19 heavy (non-hydrogen) atoms. The van der Waals surface area contributed by atoms with Gasteiger partial charge in [0.2, 0.25) is 0 Å². The van der Waals surface area contributed by atoms with Crippen molar-refractivity contribution in [3.63, 3.8) is 0 Å². The Morgan fingerprint density at radius 2 is 2.26 bits per heavy atom. The van der Waals surface area contributed by atoms with Crippen LogP contribution < -0.4 is 11.0 Å². The van der Waals surface area contributed by atoms with Gasteiger partial charge in [-0.1, -0.05) is 20.8 Å². The molecule has 7 heteroatoms. The van der Waals surface area contributed by atoms with Crippen molar-refractivity contribution in [3.05, 3.63) is 22.9 Å². The summed E-state index contributed by atoms with van der Waals surface area (Å²) in [7, 11) is 0. The van der Waals surface area contributed by atoms with E-state index in [0.29, 0.717) is 24.4 Å². The van der Waals surface area contributed by atoms with Gasteiger partial charge < -0.3 is 10.4 Å². The van der Waals surface area contributed by atoms with E-state index in [1.807, 2.05) is 0 Å². The molecule has 0 saturated carbocycles. The Balaban J connectivity index is 2.00. The second-order valence-corrected chi connectivity index (χ2v) is 5.83. The van der Waals surface area contributed by atoms with Crippen LogP contribution in [0.2, 0.25) is 0 Å². The highest BCUT2D eigenvalue weighted by atomic mass is 16.3. The summed E-state index contributed by atoms with van der Waals surface area (Å²) in [5.74, 6) is 0.583. The van der Waals surface area contributed by atoms with E-state index in [0.717, 1.165) is 0 Å². The van der Waals surface area contributed by atoms with Crippen molar-refractivity contribution in [3.8, 4) is 0 Å². The van der Waals surface area contributed by atoms with Gasteiger partial charge in [-0.3, -0.25) is 0 Å². The highest BCUT2D eigenvalue weighted by molar-refractivity contribution is 5.48. The minimum Gasteiger partial charge on any atom is -0.391 e. The zero-order valence-corrected chi connectivity index (χ0v) is 11.3. The first-order chi connectivity index (χ1) is 8.85. The molecule has 0 fully saturated rings. The molecular formula is C12H19N5O2. The van der Waals surface area contributed by atoms with E-state index in [1.54, 1.807) is 6.07 Å². The molecule has 7 nitrogen and oxygen atoms in total. The van der Waals surface area contributed by atoms with Crippen molar-refractivity contribution in [2.45, 2.75) is 33.3 Å². The number of rotatable bonds is 4. The Kier molecular flexibility index (Phi) is 3.57. The number of aromatic nitrogens is 4. The second kappa shape index (κ2) is 5.00. The first-order valence-electron chi connectivity index (χ1n) is 6.20. The molecule has 0 radical (unpaired) electrons. The van der Waals surface area contributed by atoms with Gasteiger partial charge in [-0.25, -0.2) is 19.3 Å². The average molecular weight is 265 g/mol. The summed E-state index contributed by atoms with van der Waals surface area (Å²) in [6.45, 7) is 6.65. The smallest absolute Gasteiger partial charge is 0.348 e. The molecule has 2 rings (SSSR count). The molecule has 104 valence electrons. The summed E-state index contributed by atoms with van der Waals surface area (Å²) >= 11 is 0. The van der Waals surface area contributed by atoms with Crippen molar-refractivity contribution < 1.29 is 5.11 Å². The van der Waals surface area contributed by atoms with Crippen LogP contribution in [0.4, 0.5) is 5.82 Å². The number of nitrogens with zero attached hydrogens (tertiary/aromatic N) is 3. The van der Waals surface area contributed by atoms with E-state index in [1.165, 1.54) is 10.7 Å². The summed E-state index contributed by atoms with van der Waals surface area (Å²) in [5.41, 5.74) is 0.253. The number of nitrogens with one attached hydrogen (secondary N) is 2. The van der Waals surface area contributed by atoms with E-state index in [-0.39, 0.29) is 11.1 Å². The Morgan fingerprint density at radius 3 is 2.95 bits per heavy atom. The number of aliphatic hydroxyl groups is 1. The SMILES string of the molecule is CC(C)(C)CC(O)CNc1cc2n[nH]c(=O)n2cn1. The normalized spacial score (nSPS) is 13.7. The predicted octanol–water partition coefficient (Wildman–Crippen LogP) is 0.627. The summed E-state index contributed by atoms with van der Waals surface area (Å²) < 4.78 is 1.32. The fraction of sp³-hybridized carbons (Fsp3) is 0.583. The molecule has 0 amide bonds. The van der Waals surface area contributed by atoms with Gasteiger partial charge in [-0.15, -0.1) is 0 Å². The van der Waals surface area contributed by atoms with Crippen LogP contribution in [0, 0.1) is 5.41 Å². The lowest BCUT2D eigenvalue weighted by atomic mass is 9.89. The summed E-state index contributed by atoms with van der Waals surface area (Å²) in [4.78, 5) is 15.3. The minimum absolute atomic E-state index is 0.0774. The first kappa shape index (κ1) is 13.5. The van der Waals surface area contributed by atoms with Crippen LogP contribution in [0.5, 0.6) is 0 Å². The third kappa shape index (κ3) is 3.54. The maximum absolute atomic E-state index is 11.3. The van der Waals surface area contributed by atoms with Crippen LogP contribution >= 0.6 is 0 Å². The average Bonchev–Trinajstić information content (AvgIpc) is 2.66. The molecule has 2 aromatic rings. The van der Waals surface area contributed by atoms with Crippen molar-refractivity contribution in [2.75, 3.05) is 11.9 Å². The molecule has 2 heterocycles. The van der Waals surface area contributed by atoms with Crippen LogP contribution in [-0.4, -0.2) is 37.3 Å². The number of aliphatic hydroxyl groups excluding tert-OH is 1. The molecule has 1 atom stereocenters. The van der Waals surface area contributed by atoms with Crippen molar-refractivity contribution in [2.24, 2.45) is 5.41 Å². The third-order valence-electron chi connectivity index (χ3n) is 2.68. The van der Waals surface area contributed by atoms with E-state index >= 15 is 0 Å². The Morgan fingerprint density at radius 1 is 1.53 bits per heavy atom. The maximum Gasteiger partial charge on any atom is 0.348 e. The van der Waals surface area contributed by atoms with Crippen LogP contribution in [0.1, 0.15) is 27.2 Å². The maximum atomic E-state index is 11.3. The van der Waals surface area contributed by atoms with Gasteiger partial charge in [0.1, 0.15) is 12.1 Å². The lowest BCUT2D eigenvalue weighted by molar-refractivity contribution is 0.132. The molecule has 0 aliphatic carbocycles. The molecular weight excluding hydrogens is 246 g/mol. The minimum atomic E-state index is -0.445. The summed E-state index contributed by atoms with van der Waals surface area (Å²) in [6.07, 6.45) is 1.66. The quantitative estimate of drug-likeness (QED) is 0.753. The molecule has 3 N–H and O–H groups in total. The molecule has 0 spiro atoms. The number of anilines is 1. The second-order valence-electron chi connectivity index (χ2n) is 5.83. The van der Waals surface area contributed by atoms with E-state index in [2.05, 4.69) is 41.3 Å². The standard InChI is InChI=1S/C12H19N5O2/c1-12(2,3)5-8(18)6-13-9-4-10-15-16-11(19)17(10)7-14-9/h4,7-8,13,18H,5-6H2,1-3H3,(H,16,19).